The van der Waals surface area contributed by atoms with E-state index in [0.29, 0.717) is 23.4 Å². The number of phosphoric acid groups is 1. The second-order valence-electron chi connectivity index (χ2n) is 17.5. The Kier molecular flexibility index (Phi) is 16.1. The van der Waals surface area contributed by atoms with E-state index in [2.05, 4.69) is 17.0 Å². The number of fused-ring (bicyclic) bond motifs is 1. The van der Waals surface area contributed by atoms with E-state index in [4.69, 9.17) is 49.9 Å². The first kappa shape index (κ1) is 47.2. The monoisotopic (exact) mass is 909 g/mol. The normalized spacial score (nSPS) is 23.5. The molecule has 7 rings (SSSR count). The average molecular weight is 910 g/mol. The van der Waals surface area contributed by atoms with Crippen LogP contribution in [0.3, 0.4) is 0 Å². The second-order valence-corrected chi connectivity index (χ2v) is 19.4. The number of nitrogens with zero attached hydrogens (tertiary/aromatic N) is 4. The number of unbranched alkanes of at least 4 members (excludes halogenated alkanes) is 15. The lowest BCUT2D eigenvalue weighted by molar-refractivity contribution is -0.176. The van der Waals surface area contributed by atoms with Gasteiger partial charge in [-0.25, -0.2) is 18.5 Å². The number of hydrogen-bond acceptors (Lipinski definition) is 12. The van der Waals surface area contributed by atoms with Crippen molar-refractivity contribution >= 4 is 30.8 Å². The molecular weight excluding hydrogens is 848 g/mol. The molecule has 7 atom stereocenters. The van der Waals surface area contributed by atoms with E-state index in [1.54, 1.807) is 42.6 Å². The number of aromatic nitrogens is 3. The van der Waals surface area contributed by atoms with Gasteiger partial charge in [-0.2, -0.15) is 10.4 Å². The van der Waals surface area contributed by atoms with Crippen LogP contribution in [0, 0.1) is 17.1 Å². The van der Waals surface area contributed by atoms with Crippen LogP contribution in [0.25, 0.3) is 5.52 Å². The van der Waals surface area contributed by atoms with Gasteiger partial charge in [-0.05, 0) is 63.1 Å². The van der Waals surface area contributed by atoms with Crippen LogP contribution in [0.5, 0.6) is 11.5 Å². The molecule has 4 heterocycles. The molecule has 1 spiro atoms. The van der Waals surface area contributed by atoms with Gasteiger partial charge < -0.3 is 29.2 Å². The SMILES string of the molecule is CCCCCCCCCCCCCCCCCCC(COP(=O)(Oc1ccccc1Cl)OC1C2OC(c3ccc4c(N)ncnn34)C3OC(C)(C)OC321)Oc1cc(F)cc(C#N)c1. The van der Waals surface area contributed by atoms with Gasteiger partial charge in [-0.1, -0.05) is 127 Å². The number of nitrogens with two attached hydrogens (primary N) is 1. The fraction of sp³-hybridized carbons (Fsp3) is 0.596. The summed E-state index contributed by atoms with van der Waals surface area (Å²) < 4.78 is 75.5. The van der Waals surface area contributed by atoms with Crippen molar-refractivity contribution < 1.29 is 41.5 Å². The summed E-state index contributed by atoms with van der Waals surface area (Å²) >= 11 is 6.50. The Balaban J connectivity index is 0.986. The van der Waals surface area contributed by atoms with Crippen LogP contribution in [-0.2, 0) is 27.8 Å². The highest BCUT2D eigenvalue weighted by Crippen LogP contribution is 2.69. The Bertz CT molecular complexity index is 2220. The van der Waals surface area contributed by atoms with Gasteiger partial charge in [0.15, 0.2) is 17.2 Å². The molecule has 13 nitrogen and oxygen atoms in total. The highest BCUT2D eigenvalue weighted by atomic mass is 35.5. The predicted octanol–water partition coefficient (Wildman–Crippen LogP) is 12.0. The lowest BCUT2D eigenvalue weighted by Crippen LogP contribution is -2.33. The van der Waals surface area contributed by atoms with Gasteiger partial charge in [0.2, 0.25) is 0 Å². The first-order valence-electron chi connectivity index (χ1n) is 22.8. The zero-order valence-corrected chi connectivity index (χ0v) is 38.4. The fourth-order valence-electron chi connectivity index (χ4n) is 8.94. The van der Waals surface area contributed by atoms with Gasteiger partial charge in [-0.3, -0.25) is 9.05 Å². The second kappa shape index (κ2) is 21.5. The predicted molar refractivity (Wildman–Crippen MR) is 238 cm³/mol. The van der Waals surface area contributed by atoms with E-state index in [9.17, 15) is 14.2 Å². The fourth-order valence-corrected chi connectivity index (χ4v) is 10.6. The Morgan fingerprint density at radius 2 is 1.60 bits per heavy atom. The van der Waals surface area contributed by atoms with Crippen molar-refractivity contribution in [3.05, 3.63) is 83.0 Å². The molecule has 3 aliphatic rings. The van der Waals surface area contributed by atoms with Crippen LogP contribution in [0.4, 0.5) is 10.2 Å². The van der Waals surface area contributed by atoms with Gasteiger partial charge in [0.05, 0.1) is 29.0 Å². The number of ether oxygens (including phenoxy) is 4. The Morgan fingerprint density at radius 3 is 2.27 bits per heavy atom. The molecule has 2 saturated heterocycles. The van der Waals surface area contributed by atoms with E-state index in [1.807, 2.05) is 18.2 Å². The largest absolute Gasteiger partial charge is 0.530 e. The van der Waals surface area contributed by atoms with Crippen molar-refractivity contribution in [3.8, 4) is 17.6 Å². The summed E-state index contributed by atoms with van der Waals surface area (Å²) in [6, 6.07) is 16.0. The summed E-state index contributed by atoms with van der Waals surface area (Å²) in [6.07, 6.45) is 17.9. The van der Waals surface area contributed by atoms with Crippen molar-refractivity contribution in [2.75, 3.05) is 12.3 Å². The quantitative estimate of drug-likeness (QED) is 0.0446. The summed E-state index contributed by atoms with van der Waals surface area (Å²) in [4.78, 5) is 4.09. The summed E-state index contributed by atoms with van der Waals surface area (Å²) in [6.45, 7) is 5.59. The van der Waals surface area contributed by atoms with Gasteiger partial charge in [0.25, 0.3) is 0 Å². The molecule has 2 aromatic carbocycles. The minimum absolute atomic E-state index is 0.0843. The topological polar surface area (TPSA) is 162 Å². The Morgan fingerprint density at radius 1 is 0.937 bits per heavy atom. The van der Waals surface area contributed by atoms with Crippen LogP contribution in [0.2, 0.25) is 5.02 Å². The molecule has 0 bridgehead atoms. The zero-order valence-electron chi connectivity index (χ0n) is 36.7. The molecule has 0 radical (unpaired) electrons. The highest BCUT2D eigenvalue weighted by molar-refractivity contribution is 7.49. The van der Waals surface area contributed by atoms with Gasteiger partial charge in [0, 0.05) is 6.07 Å². The highest BCUT2D eigenvalue weighted by Gasteiger charge is 2.85. The number of hydrogen-bond donors (Lipinski definition) is 1. The summed E-state index contributed by atoms with van der Waals surface area (Å²) in [5, 5.41) is 14.1. The smallest absolute Gasteiger partial charge is 0.488 e. The number of nitrogen functional groups attached to an aromatic ring is 1. The molecule has 2 aromatic heterocycles. The molecule has 1 aliphatic carbocycles. The number of anilines is 1. The van der Waals surface area contributed by atoms with E-state index in [-0.39, 0.29) is 28.7 Å². The number of halogens is 2. The van der Waals surface area contributed by atoms with E-state index >= 15 is 0 Å². The molecule has 342 valence electrons. The molecule has 4 aromatic rings. The molecule has 2 N–H and O–H groups in total. The average Bonchev–Trinajstić information content (AvgIpc) is 3.56. The van der Waals surface area contributed by atoms with E-state index < -0.39 is 55.5 Å². The van der Waals surface area contributed by atoms with Crippen LogP contribution < -0.4 is 15.0 Å². The maximum absolute atomic E-state index is 14.9. The maximum atomic E-state index is 14.9. The lowest BCUT2D eigenvalue weighted by Gasteiger charge is -2.26. The first-order valence-corrected chi connectivity index (χ1v) is 24.6. The van der Waals surface area contributed by atoms with Gasteiger partial charge in [-0.15, -0.1) is 0 Å². The van der Waals surface area contributed by atoms with Gasteiger partial charge >= 0.3 is 7.82 Å². The summed E-state index contributed by atoms with van der Waals surface area (Å²) in [5.41, 5.74) is 6.35. The van der Waals surface area contributed by atoms with Crippen molar-refractivity contribution in [2.24, 2.45) is 0 Å². The third kappa shape index (κ3) is 11.7. The van der Waals surface area contributed by atoms with Gasteiger partial charge in [0.1, 0.15) is 59.7 Å². The molecule has 7 unspecified atom stereocenters. The minimum Gasteiger partial charge on any atom is -0.488 e. The molecule has 16 heteroatoms. The van der Waals surface area contributed by atoms with Crippen LogP contribution in [-0.4, -0.2) is 57.0 Å². The number of rotatable bonds is 27. The van der Waals surface area contributed by atoms with E-state index in [1.165, 1.54) is 95.5 Å². The standard InChI is InChI=1S/C47H62ClFN5O8P/c1-4-5-6-7-8-9-10-11-12-13-14-15-16-17-18-19-22-35(57-36-28-33(30-50)27-34(49)29-36)31-56-63(55,60-40-24-21-20-23-37(40)48)61-44-43-47(44)42(59-46(2,3)62-47)41(58-43)38-25-26-39-45(51)52-32-53-54(38)39/h20-21,23-29,32,35,41-44H,4-19,22,31H2,1-3H3,(H2,51,52,53). The molecule has 3 fully saturated rings. The third-order valence-corrected chi connectivity index (χ3v) is 13.8. The Hall–Kier alpha value is -3.80. The lowest BCUT2D eigenvalue weighted by atomic mass is 10.0. The molecule has 63 heavy (non-hydrogen) atoms. The van der Waals surface area contributed by atoms with Crippen LogP contribution in [0.15, 0.2) is 60.9 Å². The number of benzene rings is 2. The van der Waals surface area contributed by atoms with Crippen LogP contribution in [0.1, 0.15) is 147 Å². The van der Waals surface area contributed by atoms with Crippen molar-refractivity contribution in [1.29, 1.82) is 5.26 Å². The third-order valence-electron chi connectivity index (χ3n) is 12.1. The number of phosphoric ester groups is 1. The number of nitriles is 1. The maximum Gasteiger partial charge on any atom is 0.530 e. The molecular formula is C47H62ClFN5O8P. The Labute approximate surface area is 375 Å². The summed E-state index contributed by atoms with van der Waals surface area (Å²) in [5.74, 6) is -1.10. The molecule has 2 aliphatic heterocycles. The zero-order chi connectivity index (χ0) is 44.5. The number of para-hydroxylation sites is 1. The van der Waals surface area contributed by atoms with Crippen molar-refractivity contribution in [3.63, 3.8) is 0 Å². The molecule has 0 amide bonds. The minimum atomic E-state index is -4.55. The van der Waals surface area contributed by atoms with Crippen molar-refractivity contribution in [1.82, 2.24) is 14.6 Å². The first-order chi connectivity index (χ1) is 30.4. The van der Waals surface area contributed by atoms with E-state index in [0.717, 1.165) is 31.7 Å². The summed E-state index contributed by atoms with van der Waals surface area (Å²) in [7, 11) is -4.55. The molecule has 1 saturated carbocycles. The van der Waals surface area contributed by atoms with Crippen LogP contribution >= 0.6 is 19.4 Å². The van der Waals surface area contributed by atoms with Crippen molar-refractivity contribution in [2.45, 2.75) is 172 Å².